The van der Waals surface area contributed by atoms with Gasteiger partial charge in [0.15, 0.2) is 0 Å². The van der Waals surface area contributed by atoms with Gasteiger partial charge in [0.2, 0.25) is 0 Å². The summed E-state index contributed by atoms with van der Waals surface area (Å²) in [6.07, 6.45) is 0. The molecule has 0 spiro atoms. The van der Waals surface area contributed by atoms with Gasteiger partial charge in [0, 0.05) is 0 Å². The van der Waals surface area contributed by atoms with Crippen molar-refractivity contribution in [3.63, 3.8) is 0 Å². The molecule has 30 valence electrons. The van der Waals surface area contributed by atoms with Crippen LogP contribution >= 0.6 is 11.9 Å². The van der Waals surface area contributed by atoms with Crippen molar-refractivity contribution >= 4 is 29.2 Å². The van der Waals surface area contributed by atoms with E-state index in [1.807, 2.05) is 0 Å². The molecule has 0 bridgehead atoms. The minimum atomic E-state index is 0. The monoisotopic (exact) mass is 115 g/mol. The van der Waals surface area contributed by atoms with Gasteiger partial charge in [-0.2, -0.15) is 0 Å². The molecule has 0 aliphatic heterocycles. The van der Waals surface area contributed by atoms with E-state index < -0.39 is 0 Å². The van der Waals surface area contributed by atoms with Crippen molar-refractivity contribution in [1.82, 2.24) is 0 Å². The third kappa shape index (κ3) is 69.6. The summed E-state index contributed by atoms with van der Waals surface area (Å²) in [6, 6.07) is 0. The molecular formula is H5AlClO3+3. The minimum absolute atomic E-state index is 0. The smallest absolute Gasteiger partial charge is 0.412 e. The van der Waals surface area contributed by atoms with Crippen LogP contribution in [-0.4, -0.2) is 33.0 Å². The Morgan fingerprint density at radius 1 is 1.00 bits per heavy atom. The number of hydrogen-bond donors (Lipinski definition) is 1. The molecule has 0 saturated heterocycles. The average Bonchev–Trinajstić information content (AvgIpc) is 1.00. The molecule has 0 aromatic carbocycles. The number of rotatable bonds is 0. The van der Waals surface area contributed by atoms with Crippen molar-refractivity contribution in [2.75, 3.05) is 0 Å². The molecule has 0 aromatic heterocycles. The molecule has 0 amide bonds. The van der Waals surface area contributed by atoms with Gasteiger partial charge >= 0.3 is 17.4 Å². The van der Waals surface area contributed by atoms with Crippen LogP contribution in [0.5, 0.6) is 0 Å². The van der Waals surface area contributed by atoms with Gasteiger partial charge in [-0.15, -0.1) is 0 Å². The van der Waals surface area contributed by atoms with E-state index in [1.165, 1.54) is 0 Å². The van der Waals surface area contributed by atoms with Crippen LogP contribution in [0, 0.1) is 0 Å². The first-order chi connectivity index (χ1) is 1.00. The molecule has 3 nitrogen and oxygen atoms in total. The summed E-state index contributed by atoms with van der Waals surface area (Å²) < 4.78 is 6.47. The Bertz CT molecular complexity index is 6.85. The van der Waals surface area contributed by atoms with Crippen molar-refractivity contribution in [2.45, 2.75) is 0 Å². The fraction of sp³-hybridized carbons (Fsp3) is 0. The summed E-state index contributed by atoms with van der Waals surface area (Å²) in [7, 11) is 0. The number of halogens is 1. The standard InChI is InChI=1S/Al.ClHO.2H2O/c;1-2;;/h;2H;2*1H2/q+3;;;. The van der Waals surface area contributed by atoms with Gasteiger partial charge in [-0.3, -0.25) is 4.66 Å². The Labute approximate surface area is 45.5 Å². The molecule has 5 N–H and O–H groups in total. The van der Waals surface area contributed by atoms with E-state index in [-0.39, 0.29) is 28.3 Å². The maximum Gasteiger partial charge on any atom is 3.00 e. The molecule has 0 rings (SSSR count). The maximum absolute atomic E-state index is 6.47. The van der Waals surface area contributed by atoms with E-state index >= 15 is 0 Å². The third-order valence-corrected chi connectivity index (χ3v) is 0. The fourth-order valence-electron chi connectivity index (χ4n) is 0. The van der Waals surface area contributed by atoms with Crippen LogP contribution in [0.1, 0.15) is 0 Å². The molecule has 0 saturated carbocycles. The normalized spacial score (nSPS) is 1.20. The zero-order chi connectivity index (χ0) is 2.00. The zero-order valence-electron chi connectivity index (χ0n) is 2.40. The van der Waals surface area contributed by atoms with Crippen LogP contribution in [0.4, 0.5) is 0 Å². The van der Waals surface area contributed by atoms with Crippen molar-refractivity contribution in [1.29, 1.82) is 0 Å². The Balaban J connectivity index is -0.00000000167. The van der Waals surface area contributed by atoms with Crippen molar-refractivity contribution in [2.24, 2.45) is 0 Å². The van der Waals surface area contributed by atoms with E-state index in [9.17, 15) is 0 Å². The summed E-state index contributed by atoms with van der Waals surface area (Å²) in [5.41, 5.74) is 0. The summed E-state index contributed by atoms with van der Waals surface area (Å²) >= 11 is 3.64. The molecule has 0 unspecified atom stereocenters. The van der Waals surface area contributed by atoms with E-state index in [0.717, 1.165) is 0 Å². The zero-order valence-corrected chi connectivity index (χ0v) is 4.31. The first kappa shape index (κ1) is 43.5. The van der Waals surface area contributed by atoms with Gasteiger partial charge in [0.1, 0.15) is 0 Å². The Morgan fingerprint density at radius 2 is 1.00 bits per heavy atom. The molecule has 0 aliphatic rings. The topological polar surface area (TPSA) is 83.2 Å². The van der Waals surface area contributed by atoms with E-state index in [2.05, 4.69) is 11.9 Å². The van der Waals surface area contributed by atoms with E-state index in [0.29, 0.717) is 0 Å². The largest absolute Gasteiger partial charge is 3.00 e. The first-order valence-electron chi connectivity index (χ1n) is 0.169. The third-order valence-electron chi connectivity index (χ3n) is 0. The summed E-state index contributed by atoms with van der Waals surface area (Å²) in [6.45, 7) is 0. The Hall–Kier alpha value is 0.702. The van der Waals surface area contributed by atoms with Gasteiger partial charge in [0.25, 0.3) is 0 Å². The Morgan fingerprint density at radius 3 is 1.00 bits per heavy atom. The SMILES string of the molecule is O.O.OCl.[Al+3]. The fourth-order valence-corrected chi connectivity index (χ4v) is 0. The van der Waals surface area contributed by atoms with Crippen molar-refractivity contribution < 1.29 is 15.6 Å². The Kier molecular flexibility index (Phi) is 1140. The van der Waals surface area contributed by atoms with Crippen LogP contribution in [0.15, 0.2) is 0 Å². The molecule has 0 fully saturated rings. The van der Waals surface area contributed by atoms with Crippen LogP contribution in [0.2, 0.25) is 0 Å². The molecule has 5 heavy (non-hydrogen) atoms. The molecule has 0 aliphatic carbocycles. The molecule has 0 aromatic rings. The van der Waals surface area contributed by atoms with Crippen LogP contribution in [0.25, 0.3) is 0 Å². The predicted molar refractivity (Wildman–Crippen MR) is 21.1 cm³/mol. The second-order valence-corrected chi connectivity index (χ2v) is 0. The maximum atomic E-state index is 6.47. The molecule has 0 heterocycles. The molecule has 5 heteroatoms. The van der Waals surface area contributed by atoms with Crippen LogP contribution in [0.3, 0.4) is 0 Å². The van der Waals surface area contributed by atoms with Crippen LogP contribution in [-0.2, 0) is 0 Å². The number of hydrogen-bond acceptors (Lipinski definition) is 1. The van der Waals surface area contributed by atoms with Crippen LogP contribution < -0.4 is 0 Å². The summed E-state index contributed by atoms with van der Waals surface area (Å²) in [5.74, 6) is 0. The quantitative estimate of drug-likeness (QED) is 0.368. The second-order valence-electron chi connectivity index (χ2n) is 0. The molecule has 0 atom stereocenters. The predicted octanol–water partition coefficient (Wildman–Crippen LogP) is -1.90. The van der Waals surface area contributed by atoms with Crippen molar-refractivity contribution in [3.05, 3.63) is 0 Å². The summed E-state index contributed by atoms with van der Waals surface area (Å²) in [5, 5.41) is 0. The second kappa shape index (κ2) is 131. The summed E-state index contributed by atoms with van der Waals surface area (Å²) in [4.78, 5) is 0. The minimum Gasteiger partial charge on any atom is -0.412 e. The van der Waals surface area contributed by atoms with Gasteiger partial charge in [-0.25, -0.2) is 0 Å². The van der Waals surface area contributed by atoms with Gasteiger partial charge in [-0.05, 0) is 0 Å². The van der Waals surface area contributed by atoms with Gasteiger partial charge in [0.05, 0.1) is 11.9 Å². The molecule has 0 radical (unpaired) electrons. The van der Waals surface area contributed by atoms with Crippen molar-refractivity contribution in [3.8, 4) is 0 Å². The molecular weight excluding hydrogens is 110 g/mol. The first-order valence-corrected chi connectivity index (χ1v) is 0.507. The average molecular weight is 115 g/mol. The van der Waals surface area contributed by atoms with Gasteiger partial charge in [-0.1, -0.05) is 0 Å². The van der Waals surface area contributed by atoms with Gasteiger partial charge < -0.3 is 11.0 Å². The van der Waals surface area contributed by atoms with E-state index in [1.54, 1.807) is 0 Å². The van der Waals surface area contributed by atoms with E-state index in [4.69, 9.17) is 4.66 Å².